The Kier molecular flexibility index (Phi) is 8.16. The van der Waals surface area contributed by atoms with Crippen LogP contribution in [0.15, 0.2) is 30.3 Å². The normalized spacial score (nSPS) is 24.2. The first kappa shape index (κ1) is 18.0. The van der Waals surface area contributed by atoms with Gasteiger partial charge in [-0.05, 0) is 18.4 Å². The van der Waals surface area contributed by atoms with Gasteiger partial charge in [0.25, 0.3) is 0 Å². The first-order valence-corrected chi connectivity index (χ1v) is 9.23. The van der Waals surface area contributed by atoms with E-state index in [1.165, 1.54) is 38.5 Å². The molecule has 3 heteroatoms. The molecule has 0 bridgehead atoms. The van der Waals surface area contributed by atoms with Gasteiger partial charge >= 0.3 is 5.97 Å². The third kappa shape index (κ3) is 6.74. The fourth-order valence-corrected chi connectivity index (χ4v) is 3.35. The van der Waals surface area contributed by atoms with Crippen molar-refractivity contribution in [2.45, 2.75) is 76.9 Å². The van der Waals surface area contributed by atoms with Crippen LogP contribution in [0.3, 0.4) is 0 Å². The van der Waals surface area contributed by atoms with Crippen molar-refractivity contribution in [3.8, 4) is 0 Å². The van der Waals surface area contributed by atoms with Crippen molar-refractivity contribution in [1.82, 2.24) is 0 Å². The van der Waals surface area contributed by atoms with Crippen LogP contribution in [-0.4, -0.2) is 12.0 Å². The fraction of sp³-hybridized carbons (Fsp3) is 0.650. The van der Waals surface area contributed by atoms with Crippen LogP contribution in [0, 0.1) is 5.92 Å². The number of nitrogens with two attached hydrogens (primary N) is 1. The zero-order valence-corrected chi connectivity index (χ0v) is 14.2. The minimum absolute atomic E-state index is 0.0577. The SMILES string of the molecule is NC1CCCCCCCCCCC1C(=O)OCc1ccccc1. The third-order valence-corrected chi connectivity index (χ3v) is 4.85. The van der Waals surface area contributed by atoms with E-state index < -0.39 is 0 Å². The van der Waals surface area contributed by atoms with Crippen LogP contribution in [0.4, 0.5) is 0 Å². The molecule has 1 aliphatic carbocycles. The molecule has 2 rings (SSSR count). The number of carbonyl (C=O) groups excluding carboxylic acids is 1. The third-order valence-electron chi connectivity index (χ3n) is 4.85. The van der Waals surface area contributed by atoms with Crippen LogP contribution in [0.5, 0.6) is 0 Å². The number of esters is 1. The van der Waals surface area contributed by atoms with E-state index in [9.17, 15) is 4.79 Å². The van der Waals surface area contributed by atoms with E-state index in [1.807, 2.05) is 30.3 Å². The molecular weight excluding hydrogens is 286 g/mol. The van der Waals surface area contributed by atoms with Crippen LogP contribution in [0.1, 0.15) is 69.8 Å². The summed E-state index contributed by atoms with van der Waals surface area (Å²) in [6.07, 6.45) is 11.7. The topological polar surface area (TPSA) is 52.3 Å². The first-order chi connectivity index (χ1) is 11.3. The maximum Gasteiger partial charge on any atom is 0.310 e. The summed E-state index contributed by atoms with van der Waals surface area (Å²) < 4.78 is 5.54. The van der Waals surface area contributed by atoms with Crippen molar-refractivity contribution in [2.75, 3.05) is 0 Å². The van der Waals surface area contributed by atoms with Gasteiger partial charge < -0.3 is 10.5 Å². The summed E-state index contributed by atoms with van der Waals surface area (Å²) in [6, 6.07) is 9.80. The second-order valence-electron chi connectivity index (χ2n) is 6.77. The molecule has 1 aromatic carbocycles. The van der Waals surface area contributed by atoms with Gasteiger partial charge in [0, 0.05) is 6.04 Å². The molecule has 0 radical (unpaired) electrons. The van der Waals surface area contributed by atoms with Gasteiger partial charge in [-0.15, -0.1) is 0 Å². The number of rotatable bonds is 3. The highest BCUT2D eigenvalue weighted by molar-refractivity contribution is 5.73. The molecule has 2 N–H and O–H groups in total. The lowest BCUT2D eigenvalue weighted by molar-refractivity contribution is -0.151. The van der Waals surface area contributed by atoms with E-state index in [4.69, 9.17) is 10.5 Å². The van der Waals surface area contributed by atoms with E-state index in [0.29, 0.717) is 6.61 Å². The molecule has 3 nitrogen and oxygen atoms in total. The van der Waals surface area contributed by atoms with E-state index in [2.05, 4.69) is 0 Å². The molecule has 2 unspecified atom stereocenters. The van der Waals surface area contributed by atoms with Gasteiger partial charge in [0.2, 0.25) is 0 Å². The Morgan fingerprint density at radius 1 is 0.913 bits per heavy atom. The van der Waals surface area contributed by atoms with Gasteiger partial charge in [-0.2, -0.15) is 0 Å². The van der Waals surface area contributed by atoms with Crippen molar-refractivity contribution in [3.63, 3.8) is 0 Å². The standard InChI is InChI=1S/C20H31NO2/c21-19-15-11-6-4-2-1-3-5-10-14-18(19)20(22)23-16-17-12-8-7-9-13-17/h7-9,12-13,18-19H,1-6,10-11,14-16,21H2. The average molecular weight is 317 g/mol. The molecule has 0 heterocycles. The average Bonchev–Trinajstić information content (AvgIpc) is 2.57. The van der Waals surface area contributed by atoms with E-state index in [1.54, 1.807) is 0 Å². The Balaban J connectivity index is 1.87. The quantitative estimate of drug-likeness (QED) is 0.830. The van der Waals surface area contributed by atoms with Crippen LogP contribution in [0.2, 0.25) is 0 Å². The molecule has 2 atom stereocenters. The number of carbonyl (C=O) groups is 1. The summed E-state index contributed by atoms with van der Waals surface area (Å²) in [5.41, 5.74) is 7.36. The zero-order chi connectivity index (χ0) is 16.3. The lowest BCUT2D eigenvalue weighted by atomic mass is 9.89. The molecule has 1 aliphatic rings. The molecule has 1 fully saturated rings. The number of hydrogen-bond donors (Lipinski definition) is 1. The van der Waals surface area contributed by atoms with Crippen LogP contribution in [0.25, 0.3) is 0 Å². The number of hydrogen-bond acceptors (Lipinski definition) is 3. The molecule has 0 aliphatic heterocycles. The molecular formula is C20H31NO2. The smallest absolute Gasteiger partial charge is 0.310 e. The molecule has 1 saturated carbocycles. The van der Waals surface area contributed by atoms with E-state index in [0.717, 1.165) is 31.2 Å². The molecule has 128 valence electrons. The summed E-state index contributed by atoms with van der Waals surface area (Å²) in [6.45, 7) is 0.350. The van der Waals surface area contributed by atoms with Crippen LogP contribution in [-0.2, 0) is 16.1 Å². The minimum atomic E-state index is -0.141. The minimum Gasteiger partial charge on any atom is -0.461 e. The summed E-state index contributed by atoms with van der Waals surface area (Å²) in [5, 5.41) is 0. The van der Waals surface area contributed by atoms with Crippen molar-refractivity contribution in [2.24, 2.45) is 11.7 Å². The Bertz CT molecular complexity index is 446. The van der Waals surface area contributed by atoms with Gasteiger partial charge in [0.1, 0.15) is 6.61 Å². The number of benzene rings is 1. The monoisotopic (exact) mass is 317 g/mol. The predicted octanol–water partition coefficient (Wildman–Crippen LogP) is 4.59. The van der Waals surface area contributed by atoms with Crippen molar-refractivity contribution in [1.29, 1.82) is 0 Å². The highest BCUT2D eigenvalue weighted by Crippen LogP contribution is 2.22. The molecule has 0 saturated heterocycles. The summed E-state index contributed by atoms with van der Waals surface area (Å²) in [7, 11) is 0. The zero-order valence-electron chi connectivity index (χ0n) is 14.2. The lowest BCUT2D eigenvalue weighted by Gasteiger charge is -2.23. The first-order valence-electron chi connectivity index (χ1n) is 9.23. The lowest BCUT2D eigenvalue weighted by Crippen LogP contribution is -2.36. The highest BCUT2D eigenvalue weighted by atomic mass is 16.5. The molecule has 0 spiro atoms. The Hall–Kier alpha value is -1.35. The Morgan fingerprint density at radius 3 is 2.13 bits per heavy atom. The molecule has 23 heavy (non-hydrogen) atoms. The maximum absolute atomic E-state index is 12.5. The maximum atomic E-state index is 12.5. The highest BCUT2D eigenvalue weighted by Gasteiger charge is 2.26. The van der Waals surface area contributed by atoms with Gasteiger partial charge in [-0.25, -0.2) is 0 Å². The number of ether oxygens (including phenoxy) is 1. The molecule has 1 aromatic rings. The van der Waals surface area contributed by atoms with Crippen molar-refractivity contribution in [3.05, 3.63) is 35.9 Å². The van der Waals surface area contributed by atoms with Gasteiger partial charge in [0.15, 0.2) is 0 Å². The van der Waals surface area contributed by atoms with Crippen molar-refractivity contribution >= 4 is 5.97 Å². The predicted molar refractivity (Wildman–Crippen MR) is 93.9 cm³/mol. The summed E-state index contributed by atoms with van der Waals surface area (Å²) >= 11 is 0. The van der Waals surface area contributed by atoms with Crippen LogP contribution < -0.4 is 5.73 Å². The second kappa shape index (κ2) is 10.4. The largest absolute Gasteiger partial charge is 0.461 e. The second-order valence-corrected chi connectivity index (χ2v) is 6.77. The van der Waals surface area contributed by atoms with E-state index >= 15 is 0 Å². The molecule has 0 amide bonds. The van der Waals surface area contributed by atoms with E-state index in [-0.39, 0.29) is 17.9 Å². The van der Waals surface area contributed by atoms with Crippen LogP contribution >= 0.6 is 0 Å². The van der Waals surface area contributed by atoms with Gasteiger partial charge in [-0.3, -0.25) is 4.79 Å². The fourth-order valence-electron chi connectivity index (χ4n) is 3.35. The van der Waals surface area contributed by atoms with Gasteiger partial charge in [-0.1, -0.05) is 81.7 Å². The van der Waals surface area contributed by atoms with Crippen molar-refractivity contribution < 1.29 is 9.53 Å². The summed E-state index contributed by atoms with van der Waals surface area (Å²) in [4.78, 5) is 12.5. The Morgan fingerprint density at radius 2 is 1.48 bits per heavy atom. The van der Waals surface area contributed by atoms with Gasteiger partial charge in [0.05, 0.1) is 5.92 Å². The Labute approximate surface area is 140 Å². The summed E-state index contributed by atoms with van der Waals surface area (Å²) in [5.74, 6) is -0.253. The molecule has 0 aromatic heterocycles.